The summed E-state index contributed by atoms with van der Waals surface area (Å²) in [4.78, 5) is 0. The SMILES string of the molecule is O=S(=O)(c1ccc(Br)s1)N1CCC[C@H](CO)C1. The molecule has 96 valence electrons. The van der Waals surface area contributed by atoms with E-state index in [2.05, 4.69) is 15.9 Å². The number of aliphatic hydroxyl groups is 1. The van der Waals surface area contributed by atoms with Crippen molar-refractivity contribution >= 4 is 37.3 Å². The lowest BCUT2D eigenvalue weighted by Gasteiger charge is -2.30. The number of sulfonamides is 1. The van der Waals surface area contributed by atoms with Gasteiger partial charge in [-0.05, 0) is 46.8 Å². The van der Waals surface area contributed by atoms with Crippen LogP contribution >= 0.6 is 27.3 Å². The van der Waals surface area contributed by atoms with Crippen LogP contribution in [0.15, 0.2) is 20.1 Å². The number of nitrogens with zero attached hydrogens (tertiary/aromatic N) is 1. The summed E-state index contributed by atoms with van der Waals surface area (Å²) in [6.45, 7) is 1.03. The molecule has 1 aromatic heterocycles. The van der Waals surface area contributed by atoms with E-state index < -0.39 is 10.0 Å². The Balaban J connectivity index is 2.21. The highest BCUT2D eigenvalue weighted by molar-refractivity contribution is 9.11. The highest BCUT2D eigenvalue weighted by Crippen LogP contribution is 2.30. The van der Waals surface area contributed by atoms with Gasteiger partial charge in [-0.15, -0.1) is 11.3 Å². The van der Waals surface area contributed by atoms with E-state index in [0.29, 0.717) is 17.3 Å². The van der Waals surface area contributed by atoms with Gasteiger partial charge in [-0.25, -0.2) is 8.42 Å². The van der Waals surface area contributed by atoms with Crippen LogP contribution in [0.3, 0.4) is 0 Å². The van der Waals surface area contributed by atoms with Crippen molar-refractivity contribution in [3.63, 3.8) is 0 Å². The minimum atomic E-state index is -3.37. The summed E-state index contributed by atoms with van der Waals surface area (Å²) in [5, 5.41) is 9.12. The van der Waals surface area contributed by atoms with Crippen LogP contribution in [0.1, 0.15) is 12.8 Å². The first-order valence-electron chi connectivity index (χ1n) is 5.40. The summed E-state index contributed by atoms with van der Waals surface area (Å²) < 4.78 is 27.2. The third-order valence-corrected chi connectivity index (χ3v) is 6.84. The first kappa shape index (κ1) is 13.5. The molecule has 0 unspecified atom stereocenters. The number of rotatable bonds is 3. The molecule has 0 aliphatic carbocycles. The van der Waals surface area contributed by atoms with Crippen LogP contribution in [0, 0.1) is 5.92 Å². The largest absolute Gasteiger partial charge is 0.396 e. The van der Waals surface area contributed by atoms with Gasteiger partial charge in [0.05, 0.1) is 3.79 Å². The number of aliphatic hydroxyl groups excluding tert-OH is 1. The van der Waals surface area contributed by atoms with Crippen molar-refractivity contribution in [1.29, 1.82) is 0 Å². The van der Waals surface area contributed by atoms with Gasteiger partial charge in [0.15, 0.2) is 0 Å². The maximum atomic E-state index is 12.3. The van der Waals surface area contributed by atoms with Gasteiger partial charge in [0.1, 0.15) is 4.21 Å². The van der Waals surface area contributed by atoms with Gasteiger partial charge in [0.2, 0.25) is 0 Å². The quantitative estimate of drug-likeness (QED) is 0.914. The van der Waals surface area contributed by atoms with Crippen molar-refractivity contribution in [3.8, 4) is 0 Å². The first-order valence-corrected chi connectivity index (χ1v) is 8.45. The third kappa shape index (κ3) is 2.90. The molecule has 1 N–H and O–H groups in total. The lowest BCUT2D eigenvalue weighted by molar-refractivity contribution is 0.165. The second-order valence-electron chi connectivity index (χ2n) is 4.11. The molecule has 2 heterocycles. The molecule has 0 amide bonds. The molecule has 1 aliphatic heterocycles. The molecule has 1 aliphatic rings. The second kappa shape index (κ2) is 5.36. The first-order chi connectivity index (χ1) is 8.04. The van der Waals surface area contributed by atoms with Gasteiger partial charge < -0.3 is 5.11 Å². The summed E-state index contributed by atoms with van der Waals surface area (Å²) in [6, 6.07) is 3.36. The van der Waals surface area contributed by atoms with Crippen LogP contribution < -0.4 is 0 Å². The van der Waals surface area contributed by atoms with Crippen LogP contribution in [-0.2, 0) is 10.0 Å². The number of thiophene rings is 1. The van der Waals surface area contributed by atoms with Crippen LogP contribution in [0.2, 0.25) is 0 Å². The summed E-state index contributed by atoms with van der Waals surface area (Å²) in [6.07, 6.45) is 1.72. The van der Waals surface area contributed by atoms with E-state index in [9.17, 15) is 8.42 Å². The maximum absolute atomic E-state index is 12.3. The molecule has 4 nitrogen and oxygen atoms in total. The molecule has 1 saturated heterocycles. The molecule has 0 saturated carbocycles. The van der Waals surface area contributed by atoms with Crippen molar-refractivity contribution in [1.82, 2.24) is 4.31 Å². The average Bonchev–Trinajstić information content (AvgIpc) is 2.76. The molecule has 1 fully saturated rings. The smallest absolute Gasteiger partial charge is 0.252 e. The Morgan fingerprint density at radius 3 is 2.88 bits per heavy atom. The van der Waals surface area contributed by atoms with Crippen molar-refractivity contribution in [2.45, 2.75) is 17.1 Å². The summed E-state index contributed by atoms with van der Waals surface area (Å²) in [5.41, 5.74) is 0. The van der Waals surface area contributed by atoms with E-state index in [-0.39, 0.29) is 12.5 Å². The van der Waals surface area contributed by atoms with Crippen molar-refractivity contribution in [2.75, 3.05) is 19.7 Å². The number of piperidine rings is 1. The molecule has 17 heavy (non-hydrogen) atoms. The molecule has 0 aromatic carbocycles. The average molecular weight is 340 g/mol. The van der Waals surface area contributed by atoms with Crippen LogP contribution in [-0.4, -0.2) is 37.5 Å². The van der Waals surface area contributed by atoms with E-state index in [0.717, 1.165) is 16.6 Å². The fourth-order valence-corrected chi connectivity index (χ4v) is 5.68. The predicted octanol–water partition coefficient (Wildman–Crippen LogP) is 1.90. The summed E-state index contributed by atoms with van der Waals surface area (Å²) in [5.74, 6) is 0.0712. The van der Waals surface area contributed by atoms with Gasteiger partial charge in [0.25, 0.3) is 10.0 Å². The Morgan fingerprint density at radius 2 is 2.29 bits per heavy atom. The fourth-order valence-electron chi connectivity index (χ4n) is 1.96. The van der Waals surface area contributed by atoms with E-state index in [4.69, 9.17) is 5.11 Å². The zero-order valence-corrected chi connectivity index (χ0v) is 12.4. The Hall–Kier alpha value is 0.0500. The van der Waals surface area contributed by atoms with Gasteiger partial charge in [0, 0.05) is 19.7 Å². The molecule has 1 atom stereocenters. The highest BCUT2D eigenvalue weighted by Gasteiger charge is 2.30. The van der Waals surface area contributed by atoms with Crippen LogP contribution in [0.25, 0.3) is 0 Å². The Bertz CT molecular complexity index is 485. The van der Waals surface area contributed by atoms with Crippen LogP contribution in [0.5, 0.6) is 0 Å². The topological polar surface area (TPSA) is 57.6 Å². The molecular weight excluding hydrogens is 326 g/mol. The zero-order valence-electron chi connectivity index (χ0n) is 9.17. The number of hydrogen-bond acceptors (Lipinski definition) is 4. The van der Waals surface area contributed by atoms with Crippen molar-refractivity contribution in [2.24, 2.45) is 5.92 Å². The minimum absolute atomic E-state index is 0.0557. The van der Waals surface area contributed by atoms with Gasteiger partial charge in [-0.2, -0.15) is 4.31 Å². The van der Waals surface area contributed by atoms with Gasteiger partial charge in [-0.1, -0.05) is 0 Å². The Kier molecular flexibility index (Phi) is 4.25. The lowest BCUT2D eigenvalue weighted by Crippen LogP contribution is -2.40. The molecular formula is C10H14BrNO3S2. The summed E-state index contributed by atoms with van der Waals surface area (Å²) >= 11 is 4.49. The molecule has 0 bridgehead atoms. The summed E-state index contributed by atoms with van der Waals surface area (Å²) in [7, 11) is -3.37. The normalized spacial score (nSPS) is 22.8. The molecule has 0 spiro atoms. The molecule has 1 aromatic rings. The number of halogens is 1. The van der Waals surface area contributed by atoms with Gasteiger partial charge >= 0.3 is 0 Å². The Labute approximate surface area is 113 Å². The highest BCUT2D eigenvalue weighted by atomic mass is 79.9. The maximum Gasteiger partial charge on any atom is 0.252 e. The minimum Gasteiger partial charge on any atom is -0.396 e. The fraction of sp³-hybridized carbons (Fsp3) is 0.600. The standard InChI is InChI=1S/C10H14BrNO3S2/c11-9-3-4-10(16-9)17(14,15)12-5-1-2-8(6-12)7-13/h3-4,8,13H,1-2,5-7H2/t8-/m0/s1. The van der Waals surface area contributed by atoms with E-state index >= 15 is 0 Å². The van der Waals surface area contributed by atoms with E-state index in [1.54, 1.807) is 12.1 Å². The zero-order chi connectivity index (χ0) is 12.5. The molecule has 2 rings (SSSR count). The lowest BCUT2D eigenvalue weighted by atomic mass is 10.0. The molecule has 7 heteroatoms. The predicted molar refractivity (Wildman–Crippen MR) is 70.6 cm³/mol. The third-order valence-electron chi connectivity index (χ3n) is 2.88. The van der Waals surface area contributed by atoms with E-state index in [1.807, 2.05) is 0 Å². The number of hydrogen-bond donors (Lipinski definition) is 1. The van der Waals surface area contributed by atoms with Crippen molar-refractivity contribution in [3.05, 3.63) is 15.9 Å². The van der Waals surface area contributed by atoms with Crippen molar-refractivity contribution < 1.29 is 13.5 Å². The second-order valence-corrected chi connectivity index (χ2v) is 8.74. The Morgan fingerprint density at radius 1 is 1.53 bits per heavy atom. The molecule has 0 radical (unpaired) electrons. The monoisotopic (exact) mass is 339 g/mol. The van der Waals surface area contributed by atoms with Gasteiger partial charge in [-0.3, -0.25) is 0 Å². The van der Waals surface area contributed by atoms with Crippen LogP contribution in [0.4, 0.5) is 0 Å². The van der Waals surface area contributed by atoms with E-state index in [1.165, 1.54) is 15.6 Å².